The third kappa shape index (κ3) is 10.1. The summed E-state index contributed by atoms with van der Waals surface area (Å²) in [6.45, 7) is 3.56. The summed E-state index contributed by atoms with van der Waals surface area (Å²) in [6.07, 6.45) is -0.234. The highest BCUT2D eigenvalue weighted by atomic mass is 32.2. The highest BCUT2D eigenvalue weighted by Gasteiger charge is 2.38. The zero-order valence-corrected chi connectivity index (χ0v) is 22.6. The van der Waals surface area contributed by atoms with E-state index in [-0.39, 0.29) is 5.56 Å². The first-order valence-corrected chi connectivity index (χ1v) is 12.4. The van der Waals surface area contributed by atoms with E-state index in [9.17, 15) is 32.7 Å². The lowest BCUT2D eigenvalue weighted by atomic mass is 10.0. The average molecular weight is 599 g/mol. The van der Waals surface area contributed by atoms with Gasteiger partial charge in [-0.15, -0.1) is 11.8 Å². The maximum absolute atomic E-state index is 12.5. The molecule has 16 heteroatoms. The Balaban J connectivity index is 0.000000745. The summed E-state index contributed by atoms with van der Waals surface area (Å²) in [5, 5.41) is 22.0. The molecule has 2 amide bonds. The first kappa shape index (κ1) is 32.6. The maximum Gasteiger partial charge on any atom is 0.490 e. The predicted octanol–water partition coefficient (Wildman–Crippen LogP) is 4.09. The lowest BCUT2D eigenvalue weighted by Crippen LogP contribution is -2.48. The number of ether oxygens (including phenoxy) is 1. The summed E-state index contributed by atoms with van der Waals surface area (Å²) >= 11 is 1.27. The van der Waals surface area contributed by atoms with Crippen molar-refractivity contribution in [3.8, 4) is 17.1 Å². The number of carboxylic acids is 2. The normalized spacial score (nSPS) is 11.1. The van der Waals surface area contributed by atoms with Crippen molar-refractivity contribution in [2.75, 3.05) is 18.2 Å². The van der Waals surface area contributed by atoms with E-state index in [1.807, 2.05) is 0 Å². The van der Waals surface area contributed by atoms with E-state index in [1.54, 1.807) is 44.3 Å². The van der Waals surface area contributed by atoms with E-state index in [0.29, 0.717) is 40.0 Å². The van der Waals surface area contributed by atoms with Crippen molar-refractivity contribution < 1.29 is 51.7 Å². The van der Waals surface area contributed by atoms with Crippen LogP contribution in [0.4, 0.5) is 18.9 Å². The fraction of sp³-hybridized carbons (Fsp3) is 0.280. The molecular formula is C25H25F3N4O8S. The van der Waals surface area contributed by atoms with Crippen LogP contribution in [0.15, 0.2) is 58.6 Å². The lowest BCUT2D eigenvalue weighted by molar-refractivity contribution is -0.192. The van der Waals surface area contributed by atoms with Gasteiger partial charge < -0.3 is 30.0 Å². The molecule has 3 rings (SSSR count). The summed E-state index contributed by atoms with van der Waals surface area (Å²) in [4.78, 5) is 53.1. The molecule has 0 aliphatic heterocycles. The lowest BCUT2D eigenvalue weighted by Gasteiger charge is -2.25. The van der Waals surface area contributed by atoms with E-state index < -0.39 is 35.5 Å². The Bertz CT molecular complexity index is 1380. The topological polar surface area (TPSA) is 181 Å². The van der Waals surface area contributed by atoms with Crippen LogP contribution in [0.1, 0.15) is 30.6 Å². The Morgan fingerprint density at radius 2 is 1.78 bits per heavy atom. The molecule has 0 aliphatic rings. The number of alkyl halides is 3. The minimum atomic E-state index is -5.08. The number of carbonyl (C=O) groups is 4. The number of aromatic nitrogens is 2. The number of amides is 2. The van der Waals surface area contributed by atoms with Crippen LogP contribution in [0, 0.1) is 0 Å². The van der Waals surface area contributed by atoms with Crippen molar-refractivity contribution in [3.05, 3.63) is 54.7 Å². The molecule has 0 aliphatic carbocycles. The van der Waals surface area contributed by atoms with Gasteiger partial charge in [0.2, 0.25) is 0 Å². The number of halogens is 3. The third-order valence-electron chi connectivity index (χ3n) is 5.03. The Labute approximate surface area is 235 Å². The summed E-state index contributed by atoms with van der Waals surface area (Å²) in [6, 6.07) is 7.95. The van der Waals surface area contributed by atoms with Crippen LogP contribution >= 0.6 is 11.8 Å². The van der Waals surface area contributed by atoms with Gasteiger partial charge >= 0.3 is 29.9 Å². The van der Waals surface area contributed by atoms with Crippen LogP contribution in [0.5, 0.6) is 5.75 Å². The molecule has 2 heterocycles. The second-order valence-electron chi connectivity index (χ2n) is 8.64. The van der Waals surface area contributed by atoms with Crippen molar-refractivity contribution in [2.45, 2.75) is 37.0 Å². The minimum absolute atomic E-state index is 0.124. The number of anilines is 1. The number of methoxy groups -OCH3 is 1. The number of carboxylic acid groups (broad SMARTS) is 2. The number of rotatable bonds is 9. The highest BCUT2D eigenvalue weighted by molar-refractivity contribution is 7.99. The second-order valence-corrected chi connectivity index (χ2v) is 9.72. The van der Waals surface area contributed by atoms with Gasteiger partial charge in [-0.05, 0) is 44.5 Å². The smallest absolute Gasteiger partial charge is 0.490 e. The molecule has 4 N–H and O–H groups in total. The monoisotopic (exact) mass is 598 g/mol. The van der Waals surface area contributed by atoms with E-state index in [0.717, 1.165) is 0 Å². The van der Waals surface area contributed by atoms with E-state index >= 15 is 0 Å². The van der Waals surface area contributed by atoms with Gasteiger partial charge in [0, 0.05) is 29.2 Å². The molecule has 220 valence electrons. The summed E-state index contributed by atoms with van der Waals surface area (Å²) < 4.78 is 42.4. The molecule has 0 saturated carbocycles. The number of pyridine rings is 1. The number of thioether (sulfide) groups is 1. The molecule has 12 nitrogen and oxygen atoms in total. The molecule has 3 aromatic rings. The zero-order valence-electron chi connectivity index (χ0n) is 21.8. The van der Waals surface area contributed by atoms with Crippen molar-refractivity contribution >= 4 is 41.2 Å². The minimum Gasteiger partial charge on any atom is -0.496 e. The van der Waals surface area contributed by atoms with Gasteiger partial charge in [0.1, 0.15) is 10.8 Å². The Morgan fingerprint density at radius 3 is 2.34 bits per heavy atom. The number of carbonyl (C=O) groups excluding carboxylic acids is 2. The van der Waals surface area contributed by atoms with Crippen LogP contribution in [-0.2, 0) is 14.4 Å². The van der Waals surface area contributed by atoms with Crippen LogP contribution in [0.25, 0.3) is 11.3 Å². The molecular weight excluding hydrogens is 573 g/mol. The first-order valence-electron chi connectivity index (χ1n) is 11.5. The molecule has 0 radical (unpaired) electrons. The van der Waals surface area contributed by atoms with Gasteiger partial charge in [0.05, 0.1) is 24.4 Å². The molecule has 0 saturated heterocycles. The number of hydrogen-bond acceptors (Lipinski definition) is 9. The largest absolute Gasteiger partial charge is 0.496 e. The molecule has 41 heavy (non-hydrogen) atoms. The van der Waals surface area contributed by atoms with Gasteiger partial charge in [-0.3, -0.25) is 9.59 Å². The second kappa shape index (κ2) is 14.2. The predicted molar refractivity (Wildman–Crippen MR) is 140 cm³/mol. The van der Waals surface area contributed by atoms with Gasteiger partial charge in [-0.2, -0.15) is 13.2 Å². The number of aromatic carboxylic acids is 1. The number of aliphatic carboxylic acids is 1. The number of nitrogens with one attached hydrogen (secondary N) is 2. The van der Waals surface area contributed by atoms with E-state index in [2.05, 4.69) is 20.6 Å². The van der Waals surface area contributed by atoms with Crippen molar-refractivity contribution in [1.82, 2.24) is 15.3 Å². The van der Waals surface area contributed by atoms with Crippen LogP contribution in [0.2, 0.25) is 0 Å². The van der Waals surface area contributed by atoms with Crippen molar-refractivity contribution in [3.63, 3.8) is 0 Å². The molecule has 0 spiro atoms. The first-order chi connectivity index (χ1) is 19.1. The van der Waals surface area contributed by atoms with E-state index in [4.69, 9.17) is 19.1 Å². The Morgan fingerprint density at radius 1 is 1.10 bits per heavy atom. The number of benzene rings is 1. The zero-order chi connectivity index (χ0) is 30.8. The summed E-state index contributed by atoms with van der Waals surface area (Å²) in [5.41, 5.74) is 0.441. The maximum atomic E-state index is 12.5. The highest BCUT2D eigenvalue weighted by Crippen LogP contribution is 2.32. The van der Waals surface area contributed by atoms with Gasteiger partial charge in [-0.1, -0.05) is 0 Å². The van der Waals surface area contributed by atoms with E-state index in [1.165, 1.54) is 37.5 Å². The SMILES string of the molecule is COc1cc(NC(=O)C(=O)NC(C)(C)CCSc2ncccc2C(=O)O)ccc1-c1cnco1.O=C(O)C(F)(F)F. The third-order valence-corrected chi connectivity index (χ3v) is 6.03. The number of oxazole rings is 1. The fourth-order valence-corrected chi connectivity index (χ4v) is 4.26. The number of hydrogen-bond donors (Lipinski definition) is 4. The van der Waals surface area contributed by atoms with Gasteiger partial charge in [0.15, 0.2) is 12.2 Å². The Hall–Kier alpha value is -4.60. The standard InChI is InChI=1S/C23H24N4O6S.C2HF3O2/c1-23(2,8-10-34-21-16(22(30)31)5-4-9-25-21)27-20(29)19(28)26-14-6-7-15(17(11-14)32-3)18-12-24-13-33-18;3-2(4,5)1(6)7/h4-7,9,11-13H,8,10H2,1-3H3,(H,26,28)(H,27,29)(H,30,31);(H,6,7). The van der Waals surface area contributed by atoms with Gasteiger partial charge in [0.25, 0.3) is 0 Å². The summed E-state index contributed by atoms with van der Waals surface area (Å²) in [7, 11) is 1.48. The van der Waals surface area contributed by atoms with Crippen molar-refractivity contribution in [1.29, 1.82) is 0 Å². The Kier molecular flexibility index (Phi) is 11.3. The van der Waals surface area contributed by atoms with Gasteiger partial charge in [-0.25, -0.2) is 19.6 Å². The molecule has 0 bridgehead atoms. The van der Waals surface area contributed by atoms with Crippen LogP contribution in [-0.4, -0.2) is 68.5 Å². The molecule has 2 aromatic heterocycles. The summed E-state index contributed by atoms with van der Waals surface area (Å²) in [5.74, 6) is -3.98. The van der Waals surface area contributed by atoms with Crippen LogP contribution in [0.3, 0.4) is 0 Å². The average Bonchev–Trinajstić information content (AvgIpc) is 3.43. The molecule has 0 fully saturated rings. The quantitative estimate of drug-likeness (QED) is 0.206. The molecule has 0 atom stereocenters. The van der Waals surface area contributed by atoms with Crippen molar-refractivity contribution in [2.24, 2.45) is 0 Å². The molecule has 1 aromatic carbocycles. The molecule has 0 unspecified atom stereocenters. The fourth-order valence-electron chi connectivity index (χ4n) is 3.01. The number of nitrogens with zero attached hydrogens (tertiary/aromatic N) is 2. The van der Waals surface area contributed by atoms with Crippen LogP contribution < -0.4 is 15.4 Å².